The van der Waals surface area contributed by atoms with E-state index in [0.29, 0.717) is 22.0 Å². The molecule has 2 unspecified atom stereocenters. The molecule has 2 atom stereocenters. The van der Waals surface area contributed by atoms with Crippen molar-refractivity contribution in [2.24, 2.45) is 5.92 Å². The summed E-state index contributed by atoms with van der Waals surface area (Å²) in [5.74, 6) is 1.07. The molecule has 1 aromatic heterocycles. The Morgan fingerprint density at radius 1 is 1.61 bits per heavy atom. The molecule has 0 radical (unpaired) electrons. The number of hydrogen-bond donors (Lipinski definition) is 1. The molecular weight excluding hydrogens is 293 g/mol. The van der Waals surface area contributed by atoms with Crippen molar-refractivity contribution in [2.45, 2.75) is 24.9 Å². The molecule has 1 N–H and O–H groups in total. The van der Waals surface area contributed by atoms with E-state index in [1.807, 2.05) is 6.92 Å². The van der Waals surface area contributed by atoms with Crippen LogP contribution in [0.15, 0.2) is 11.4 Å². The Labute approximate surface area is 121 Å². The topological polar surface area (TPSA) is 54.9 Å². The largest absolute Gasteiger partial charge is 0.316 e. The average molecular weight is 310 g/mol. The van der Waals surface area contributed by atoms with Crippen LogP contribution in [0.2, 0.25) is 5.15 Å². The van der Waals surface area contributed by atoms with E-state index in [1.165, 1.54) is 0 Å². The van der Waals surface area contributed by atoms with E-state index in [0.717, 1.165) is 31.5 Å². The molecule has 1 aliphatic heterocycles. The van der Waals surface area contributed by atoms with Crippen LogP contribution in [0.5, 0.6) is 0 Å². The van der Waals surface area contributed by atoms with Crippen molar-refractivity contribution in [1.29, 1.82) is 0 Å². The van der Waals surface area contributed by atoms with Crippen LogP contribution in [0.25, 0.3) is 0 Å². The minimum atomic E-state index is -1.15. The summed E-state index contributed by atoms with van der Waals surface area (Å²) in [6.45, 7) is 3.83. The number of halogens is 2. The number of nitrogens with zero attached hydrogens (tertiary/aromatic N) is 2. The summed E-state index contributed by atoms with van der Waals surface area (Å²) >= 11 is 5.90. The number of hydrogen-bond acceptors (Lipinski definition) is 4. The van der Waals surface area contributed by atoms with Gasteiger partial charge in [-0.3, -0.25) is 4.21 Å². The summed E-state index contributed by atoms with van der Waals surface area (Å²) < 4.78 is 12.1. The van der Waals surface area contributed by atoms with Gasteiger partial charge in [-0.25, -0.2) is 9.97 Å². The zero-order valence-corrected chi connectivity index (χ0v) is 12.6. The fourth-order valence-corrected chi connectivity index (χ4v) is 3.27. The van der Waals surface area contributed by atoms with Crippen LogP contribution in [0, 0.1) is 12.8 Å². The van der Waals surface area contributed by atoms with Gasteiger partial charge < -0.3 is 5.32 Å². The number of rotatable bonds is 3. The summed E-state index contributed by atoms with van der Waals surface area (Å²) in [6.07, 6.45) is 3.90. The van der Waals surface area contributed by atoms with Gasteiger partial charge in [0.2, 0.25) is 5.16 Å². The number of aryl methyl sites for hydroxylation is 1. The Morgan fingerprint density at radius 3 is 3.00 bits per heavy atom. The molecule has 1 aliphatic rings. The first-order valence-corrected chi connectivity index (χ1v) is 7.44. The normalized spacial score (nSPS) is 21.1. The van der Waals surface area contributed by atoms with Gasteiger partial charge in [0.25, 0.3) is 0 Å². The molecule has 1 aromatic rings. The highest BCUT2D eigenvalue weighted by molar-refractivity contribution is 7.84. The standard InChI is InChI=1S/C11H16ClN3OS.ClH/c1-8-5-14-11(15-10(8)12)17(16)7-9-3-2-4-13-6-9;/h5,9,13H,2-4,6-7H2,1H3;1H. The first kappa shape index (κ1) is 15.8. The zero-order chi connectivity index (χ0) is 12.3. The van der Waals surface area contributed by atoms with Gasteiger partial charge >= 0.3 is 0 Å². The molecule has 2 heterocycles. The maximum absolute atomic E-state index is 12.1. The molecule has 2 rings (SSSR count). The van der Waals surface area contributed by atoms with Gasteiger partial charge in [0.05, 0.1) is 10.8 Å². The Kier molecular flexibility index (Phi) is 6.49. The SMILES string of the molecule is Cc1cnc(S(=O)CC2CCCNC2)nc1Cl.Cl. The van der Waals surface area contributed by atoms with Gasteiger partial charge in [-0.1, -0.05) is 11.6 Å². The van der Waals surface area contributed by atoms with Gasteiger partial charge in [-0.15, -0.1) is 12.4 Å². The number of aromatic nitrogens is 2. The maximum Gasteiger partial charge on any atom is 0.219 e. The summed E-state index contributed by atoms with van der Waals surface area (Å²) in [4.78, 5) is 8.16. The zero-order valence-electron chi connectivity index (χ0n) is 10.2. The van der Waals surface area contributed by atoms with Crippen LogP contribution < -0.4 is 5.32 Å². The van der Waals surface area contributed by atoms with Crippen LogP contribution in [0.4, 0.5) is 0 Å². The lowest BCUT2D eigenvalue weighted by Gasteiger charge is -2.21. The van der Waals surface area contributed by atoms with Crippen molar-refractivity contribution in [3.05, 3.63) is 16.9 Å². The second kappa shape index (κ2) is 7.38. The molecular formula is C11H17Cl2N3OS. The molecule has 0 spiro atoms. The molecule has 0 saturated carbocycles. The van der Waals surface area contributed by atoms with Crippen LogP contribution in [-0.4, -0.2) is 33.0 Å². The summed E-state index contributed by atoms with van der Waals surface area (Å²) in [6, 6.07) is 0. The highest BCUT2D eigenvalue weighted by Gasteiger charge is 2.18. The lowest BCUT2D eigenvalue weighted by atomic mass is 10.0. The van der Waals surface area contributed by atoms with Crippen molar-refractivity contribution in [3.63, 3.8) is 0 Å². The fourth-order valence-electron chi connectivity index (χ4n) is 1.87. The molecule has 18 heavy (non-hydrogen) atoms. The predicted molar refractivity (Wildman–Crippen MR) is 75.9 cm³/mol. The third kappa shape index (κ3) is 4.16. The van der Waals surface area contributed by atoms with Crippen molar-refractivity contribution < 1.29 is 4.21 Å². The smallest absolute Gasteiger partial charge is 0.219 e. The van der Waals surface area contributed by atoms with Crippen molar-refractivity contribution >= 4 is 34.8 Å². The lowest BCUT2D eigenvalue weighted by molar-refractivity contribution is 0.407. The highest BCUT2D eigenvalue weighted by Crippen LogP contribution is 2.16. The van der Waals surface area contributed by atoms with Gasteiger partial charge in [0, 0.05) is 17.5 Å². The first-order chi connectivity index (χ1) is 8.16. The molecule has 0 aliphatic carbocycles. The second-order valence-corrected chi connectivity index (χ2v) is 6.10. The average Bonchev–Trinajstić information content (AvgIpc) is 2.34. The molecule has 7 heteroatoms. The molecule has 4 nitrogen and oxygen atoms in total. The quantitative estimate of drug-likeness (QED) is 0.685. The van der Waals surface area contributed by atoms with E-state index in [4.69, 9.17) is 11.6 Å². The van der Waals surface area contributed by atoms with E-state index < -0.39 is 10.8 Å². The Morgan fingerprint density at radius 2 is 2.39 bits per heavy atom. The van der Waals surface area contributed by atoms with Crippen LogP contribution >= 0.6 is 24.0 Å². The third-order valence-corrected chi connectivity index (χ3v) is 4.64. The van der Waals surface area contributed by atoms with Gasteiger partial charge in [0.15, 0.2) is 0 Å². The Balaban J connectivity index is 0.00000162. The Bertz CT molecular complexity index is 425. The number of piperidine rings is 1. The van der Waals surface area contributed by atoms with E-state index in [9.17, 15) is 4.21 Å². The molecule has 1 fully saturated rings. The van der Waals surface area contributed by atoms with Crippen LogP contribution in [0.3, 0.4) is 0 Å². The lowest BCUT2D eigenvalue weighted by Crippen LogP contribution is -2.32. The molecule has 1 saturated heterocycles. The van der Waals surface area contributed by atoms with E-state index in [-0.39, 0.29) is 12.4 Å². The predicted octanol–water partition coefficient (Wildman–Crippen LogP) is 1.97. The minimum Gasteiger partial charge on any atom is -0.316 e. The monoisotopic (exact) mass is 309 g/mol. The minimum absolute atomic E-state index is 0. The number of nitrogens with one attached hydrogen (secondary N) is 1. The molecule has 0 amide bonds. The van der Waals surface area contributed by atoms with Crippen molar-refractivity contribution in [2.75, 3.05) is 18.8 Å². The third-order valence-electron chi connectivity index (χ3n) is 2.88. The van der Waals surface area contributed by atoms with Gasteiger partial charge in [0.1, 0.15) is 5.15 Å². The van der Waals surface area contributed by atoms with E-state index in [1.54, 1.807) is 6.20 Å². The maximum atomic E-state index is 12.1. The van der Waals surface area contributed by atoms with Gasteiger partial charge in [-0.2, -0.15) is 0 Å². The van der Waals surface area contributed by atoms with E-state index in [2.05, 4.69) is 15.3 Å². The molecule has 0 aromatic carbocycles. The van der Waals surface area contributed by atoms with E-state index >= 15 is 0 Å². The second-order valence-electron chi connectivity index (χ2n) is 4.35. The van der Waals surface area contributed by atoms with Gasteiger partial charge in [-0.05, 0) is 38.8 Å². The fraction of sp³-hybridized carbons (Fsp3) is 0.636. The Hall–Kier alpha value is -0.230. The summed E-state index contributed by atoms with van der Waals surface area (Å²) in [7, 11) is -1.15. The molecule has 0 bridgehead atoms. The summed E-state index contributed by atoms with van der Waals surface area (Å²) in [5.41, 5.74) is 0.812. The molecule has 102 valence electrons. The van der Waals surface area contributed by atoms with Crippen LogP contribution in [0.1, 0.15) is 18.4 Å². The van der Waals surface area contributed by atoms with Crippen molar-refractivity contribution in [1.82, 2.24) is 15.3 Å². The summed E-state index contributed by atoms with van der Waals surface area (Å²) in [5, 5.41) is 4.06. The van der Waals surface area contributed by atoms with Crippen molar-refractivity contribution in [3.8, 4) is 0 Å². The van der Waals surface area contributed by atoms with Crippen LogP contribution in [-0.2, 0) is 10.8 Å². The highest BCUT2D eigenvalue weighted by atomic mass is 35.5. The first-order valence-electron chi connectivity index (χ1n) is 5.75.